The minimum Gasteiger partial charge on any atom is -0.337 e. The molecule has 12 heteroatoms. The fraction of sp³-hybridized carbons (Fsp3) is 0.350. The van der Waals surface area contributed by atoms with Gasteiger partial charge in [-0.3, -0.25) is 28.7 Å². The molecule has 0 aliphatic carbocycles. The molecule has 11 nitrogen and oxygen atoms in total. The van der Waals surface area contributed by atoms with Crippen molar-refractivity contribution in [3.05, 3.63) is 58.8 Å². The van der Waals surface area contributed by atoms with Crippen LogP contribution >= 0.6 is 10.6 Å². The monoisotopic (exact) mass is 457 g/mol. The third-order valence-electron chi connectivity index (χ3n) is 5.68. The number of H-pyrrole nitrogens is 1. The van der Waals surface area contributed by atoms with Crippen LogP contribution in [-0.4, -0.2) is 59.0 Å². The molecule has 2 aliphatic heterocycles. The molecule has 2 amide bonds. The van der Waals surface area contributed by atoms with Gasteiger partial charge >= 0.3 is 0 Å². The van der Waals surface area contributed by atoms with Crippen molar-refractivity contribution in [2.45, 2.75) is 36.9 Å². The number of carbonyl (C=O) groups is 2. The van der Waals surface area contributed by atoms with Crippen LogP contribution < -0.4 is 10.2 Å². The van der Waals surface area contributed by atoms with E-state index in [0.29, 0.717) is 42.3 Å². The summed E-state index contributed by atoms with van der Waals surface area (Å²) in [6.45, 7) is 0.413. The number of likely N-dealkylation sites (N-methyl/N-ethyl adjacent to an activating group) is 1. The van der Waals surface area contributed by atoms with Gasteiger partial charge in [0.2, 0.25) is 5.82 Å². The zero-order valence-electron chi connectivity index (χ0n) is 17.4. The summed E-state index contributed by atoms with van der Waals surface area (Å²) in [7, 11) is -1.13. The van der Waals surface area contributed by atoms with Crippen LogP contribution in [0.3, 0.4) is 0 Å². The van der Waals surface area contributed by atoms with E-state index < -0.39 is 22.5 Å². The second-order valence-corrected chi connectivity index (χ2v) is 10.2. The Kier molecular flexibility index (Phi) is 4.99. The molecular formula is C20H23N7O4S. The molecule has 32 heavy (non-hydrogen) atoms. The van der Waals surface area contributed by atoms with Crippen LogP contribution in [0.1, 0.15) is 39.7 Å². The maximum absolute atomic E-state index is 13.1. The summed E-state index contributed by atoms with van der Waals surface area (Å²) in [5.41, 5.74) is 2.34. The SMILES string of the molecule is CN1C(=O)[C@@H](NC(=O)c2n[nH]c(Cc3ccccc3)n2)CCn2nc3c(c21)CS(O)(O)C3. The maximum atomic E-state index is 13.1. The lowest BCUT2D eigenvalue weighted by atomic mass is 10.1. The van der Waals surface area contributed by atoms with Gasteiger partial charge in [0.1, 0.15) is 17.7 Å². The van der Waals surface area contributed by atoms with Crippen molar-refractivity contribution < 1.29 is 18.7 Å². The molecule has 4 heterocycles. The van der Waals surface area contributed by atoms with E-state index in [9.17, 15) is 18.7 Å². The first-order chi connectivity index (χ1) is 15.3. The molecule has 0 unspecified atom stereocenters. The lowest BCUT2D eigenvalue weighted by Crippen LogP contribution is -2.47. The third kappa shape index (κ3) is 3.76. The number of hydrogen-bond donors (Lipinski definition) is 4. The van der Waals surface area contributed by atoms with Crippen LogP contribution in [0.25, 0.3) is 0 Å². The van der Waals surface area contributed by atoms with Gasteiger partial charge in [0.05, 0.1) is 17.2 Å². The molecule has 0 bridgehead atoms. The van der Waals surface area contributed by atoms with Crippen molar-refractivity contribution in [2.75, 3.05) is 11.9 Å². The molecule has 3 aromatic rings. The minimum atomic E-state index is -2.74. The number of aromatic nitrogens is 5. The van der Waals surface area contributed by atoms with Gasteiger partial charge in [0, 0.05) is 25.6 Å². The van der Waals surface area contributed by atoms with Crippen molar-refractivity contribution in [3.63, 3.8) is 0 Å². The first-order valence-corrected chi connectivity index (χ1v) is 12.0. The fourth-order valence-electron chi connectivity index (χ4n) is 4.17. The molecule has 1 aromatic carbocycles. The van der Waals surface area contributed by atoms with Crippen LogP contribution in [0.15, 0.2) is 30.3 Å². The van der Waals surface area contributed by atoms with Crippen LogP contribution in [-0.2, 0) is 29.3 Å². The van der Waals surface area contributed by atoms with Gasteiger partial charge in [-0.05, 0) is 12.0 Å². The van der Waals surface area contributed by atoms with E-state index in [1.165, 1.54) is 4.90 Å². The number of rotatable bonds is 4. The largest absolute Gasteiger partial charge is 0.337 e. The summed E-state index contributed by atoms with van der Waals surface area (Å²) in [4.78, 5) is 31.5. The molecule has 2 aliphatic rings. The Morgan fingerprint density at radius 3 is 2.84 bits per heavy atom. The highest BCUT2D eigenvalue weighted by Gasteiger charge is 2.38. The van der Waals surface area contributed by atoms with E-state index in [4.69, 9.17) is 0 Å². The summed E-state index contributed by atoms with van der Waals surface area (Å²) in [5.74, 6) is 0.453. The van der Waals surface area contributed by atoms with E-state index in [-0.39, 0.29) is 23.2 Å². The lowest BCUT2D eigenvalue weighted by molar-refractivity contribution is -0.120. The molecule has 0 spiro atoms. The van der Waals surface area contributed by atoms with Gasteiger partial charge in [-0.2, -0.15) is 15.7 Å². The highest BCUT2D eigenvalue weighted by Crippen LogP contribution is 2.54. The molecule has 0 saturated carbocycles. The summed E-state index contributed by atoms with van der Waals surface area (Å²) < 4.78 is 21.8. The molecular weight excluding hydrogens is 434 g/mol. The second kappa shape index (κ2) is 7.73. The number of anilines is 1. The Labute approximate surface area is 185 Å². The van der Waals surface area contributed by atoms with E-state index in [1.807, 2.05) is 30.3 Å². The Hall–Kier alpha value is -3.22. The van der Waals surface area contributed by atoms with Crippen LogP contribution in [0, 0.1) is 0 Å². The Morgan fingerprint density at radius 1 is 1.28 bits per heavy atom. The predicted octanol–water partition coefficient (Wildman–Crippen LogP) is 1.52. The van der Waals surface area contributed by atoms with Crippen LogP contribution in [0.5, 0.6) is 0 Å². The fourth-order valence-corrected chi connectivity index (χ4v) is 5.70. The van der Waals surface area contributed by atoms with Crippen LogP contribution in [0.2, 0.25) is 0 Å². The number of benzene rings is 1. The van der Waals surface area contributed by atoms with E-state index >= 15 is 0 Å². The highest BCUT2D eigenvalue weighted by molar-refractivity contribution is 8.23. The Morgan fingerprint density at radius 2 is 2.06 bits per heavy atom. The maximum Gasteiger partial charge on any atom is 0.291 e. The Balaban J connectivity index is 1.29. The standard InChI is InChI=1S/C20H23N7O4S/c1-26-19-13-10-32(30,31)11-15(13)25-27(19)8-7-14(20(26)29)21-18(28)17-22-16(23-24-17)9-12-5-3-2-4-6-12/h2-6,14,30-31H,7-11H2,1H3,(H,21,28)(H,22,23,24)/t14-/m0/s1. The van der Waals surface area contributed by atoms with Gasteiger partial charge in [0.25, 0.3) is 11.8 Å². The molecule has 5 rings (SSSR count). The molecule has 1 atom stereocenters. The first-order valence-electron chi connectivity index (χ1n) is 10.2. The van der Waals surface area contributed by atoms with Crippen molar-refractivity contribution in [2.24, 2.45) is 0 Å². The Bertz CT molecular complexity index is 1190. The molecule has 168 valence electrons. The average molecular weight is 458 g/mol. The minimum absolute atomic E-state index is 0.0248. The van der Waals surface area contributed by atoms with Gasteiger partial charge in [0.15, 0.2) is 0 Å². The number of fused-ring (bicyclic) bond motifs is 3. The molecule has 0 saturated heterocycles. The molecule has 0 fully saturated rings. The van der Waals surface area contributed by atoms with Gasteiger partial charge in [-0.1, -0.05) is 30.3 Å². The third-order valence-corrected chi connectivity index (χ3v) is 7.16. The number of aromatic amines is 1. The average Bonchev–Trinajstić information content (AvgIpc) is 3.40. The van der Waals surface area contributed by atoms with Crippen LogP contribution in [0.4, 0.5) is 5.82 Å². The quantitative estimate of drug-likeness (QED) is 0.464. The first kappa shape index (κ1) is 20.7. The lowest BCUT2D eigenvalue weighted by Gasteiger charge is -2.26. The topological polar surface area (TPSA) is 149 Å². The van der Waals surface area contributed by atoms with E-state index in [1.54, 1.807) is 11.7 Å². The van der Waals surface area contributed by atoms with Gasteiger partial charge in [-0.15, -0.1) is 5.10 Å². The number of nitrogens with zero attached hydrogens (tertiary/aromatic N) is 5. The second-order valence-electron chi connectivity index (χ2n) is 8.04. The van der Waals surface area contributed by atoms with Crippen molar-refractivity contribution in [1.82, 2.24) is 30.3 Å². The highest BCUT2D eigenvalue weighted by atomic mass is 32.3. The van der Waals surface area contributed by atoms with E-state index in [0.717, 1.165) is 5.56 Å². The summed E-state index contributed by atoms with van der Waals surface area (Å²) >= 11 is 0. The summed E-state index contributed by atoms with van der Waals surface area (Å²) in [6, 6.07) is 8.92. The summed E-state index contributed by atoms with van der Waals surface area (Å²) in [6.07, 6.45) is 0.859. The number of nitrogens with one attached hydrogen (secondary N) is 2. The van der Waals surface area contributed by atoms with Gasteiger partial charge in [-0.25, -0.2) is 9.67 Å². The van der Waals surface area contributed by atoms with Crippen molar-refractivity contribution in [1.29, 1.82) is 0 Å². The van der Waals surface area contributed by atoms with E-state index in [2.05, 4.69) is 25.6 Å². The van der Waals surface area contributed by atoms with Crippen molar-refractivity contribution >= 4 is 28.2 Å². The number of amides is 2. The molecule has 4 N–H and O–H groups in total. The number of hydrogen-bond acceptors (Lipinski definition) is 7. The molecule has 2 aromatic heterocycles. The van der Waals surface area contributed by atoms with Gasteiger partial charge < -0.3 is 5.32 Å². The summed E-state index contributed by atoms with van der Waals surface area (Å²) in [5, 5.41) is 14.0. The number of aryl methyl sites for hydroxylation is 1. The zero-order valence-corrected chi connectivity index (χ0v) is 18.2. The molecule has 0 radical (unpaired) electrons. The number of carbonyl (C=O) groups excluding carboxylic acids is 2. The smallest absolute Gasteiger partial charge is 0.291 e. The van der Waals surface area contributed by atoms with Crippen molar-refractivity contribution in [3.8, 4) is 0 Å². The predicted molar refractivity (Wildman–Crippen MR) is 117 cm³/mol. The normalized spacial score (nSPS) is 20.4. The zero-order chi connectivity index (χ0) is 22.5.